The number of carbonyl (C=O) groups excluding carboxylic acids is 1. The normalized spacial score (nSPS) is 10.4. The Morgan fingerprint density at radius 1 is 1.30 bits per heavy atom. The van der Waals surface area contributed by atoms with Crippen LogP contribution >= 0.6 is 27.5 Å². The molecule has 0 bridgehead atoms. The van der Waals surface area contributed by atoms with E-state index in [-0.39, 0.29) is 18.3 Å². The van der Waals surface area contributed by atoms with Crippen molar-refractivity contribution < 1.29 is 9.18 Å². The third-order valence-electron chi connectivity index (χ3n) is 2.87. The molecule has 0 aliphatic carbocycles. The van der Waals surface area contributed by atoms with Crippen LogP contribution in [-0.4, -0.2) is 5.91 Å². The molecular formula is C15H12BrClFNO. The summed E-state index contributed by atoms with van der Waals surface area (Å²) in [6.45, 7) is 1.96. The average molecular weight is 357 g/mol. The molecule has 2 aromatic rings. The average Bonchev–Trinajstić information content (AvgIpc) is 2.43. The Morgan fingerprint density at radius 2 is 2.05 bits per heavy atom. The summed E-state index contributed by atoms with van der Waals surface area (Å²) in [6, 6.07) is 9.85. The standard InChI is InChI=1S/C15H12BrClFNO/c1-9-2-3-10(6-14(9)18)8-19-15(20)11-4-5-12(16)13(17)7-11/h2-7H,8H2,1H3,(H,19,20). The summed E-state index contributed by atoms with van der Waals surface area (Å²) in [5.74, 6) is -0.524. The van der Waals surface area contributed by atoms with E-state index in [4.69, 9.17) is 11.6 Å². The van der Waals surface area contributed by atoms with E-state index in [9.17, 15) is 9.18 Å². The van der Waals surface area contributed by atoms with Gasteiger partial charge in [-0.3, -0.25) is 4.79 Å². The minimum absolute atomic E-state index is 0.250. The molecular weight excluding hydrogens is 345 g/mol. The molecule has 0 spiro atoms. The maximum absolute atomic E-state index is 13.4. The number of hydrogen-bond donors (Lipinski definition) is 1. The van der Waals surface area contributed by atoms with Crippen LogP contribution in [-0.2, 0) is 6.54 Å². The van der Waals surface area contributed by atoms with Gasteiger partial charge in [-0.25, -0.2) is 4.39 Å². The molecule has 1 amide bonds. The van der Waals surface area contributed by atoms with E-state index in [1.807, 2.05) is 0 Å². The number of benzene rings is 2. The second kappa shape index (κ2) is 6.37. The molecule has 0 radical (unpaired) electrons. The Kier molecular flexibility index (Phi) is 4.78. The lowest BCUT2D eigenvalue weighted by Gasteiger charge is -2.07. The lowest BCUT2D eigenvalue weighted by Crippen LogP contribution is -2.22. The van der Waals surface area contributed by atoms with Crippen molar-refractivity contribution in [2.24, 2.45) is 0 Å². The van der Waals surface area contributed by atoms with Crippen LogP contribution in [0.15, 0.2) is 40.9 Å². The van der Waals surface area contributed by atoms with Crippen molar-refractivity contribution in [3.8, 4) is 0 Å². The molecule has 20 heavy (non-hydrogen) atoms. The molecule has 1 N–H and O–H groups in total. The van der Waals surface area contributed by atoms with E-state index in [2.05, 4.69) is 21.2 Å². The molecule has 0 saturated carbocycles. The Hall–Kier alpha value is -1.39. The summed E-state index contributed by atoms with van der Waals surface area (Å²) in [4.78, 5) is 12.0. The van der Waals surface area contributed by atoms with E-state index < -0.39 is 0 Å². The zero-order valence-corrected chi connectivity index (χ0v) is 13.1. The highest BCUT2D eigenvalue weighted by atomic mass is 79.9. The van der Waals surface area contributed by atoms with Gasteiger partial charge in [-0.15, -0.1) is 0 Å². The van der Waals surface area contributed by atoms with Crippen LogP contribution in [0.25, 0.3) is 0 Å². The SMILES string of the molecule is Cc1ccc(CNC(=O)c2ccc(Br)c(Cl)c2)cc1F. The first-order valence-electron chi connectivity index (χ1n) is 5.95. The van der Waals surface area contributed by atoms with Crippen LogP contribution < -0.4 is 5.32 Å². The van der Waals surface area contributed by atoms with Crippen molar-refractivity contribution in [1.29, 1.82) is 0 Å². The Labute approximate surface area is 130 Å². The Bertz CT molecular complexity index is 660. The van der Waals surface area contributed by atoms with Gasteiger partial charge < -0.3 is 5.32 Å². The van der Waals surface area contributed by atoms with Crippen molar-refractivity contribution in [2.75, 3.05) is 0 Å². The lowest BCUT2D eigenvalue weighted by atomic mass is 10.1. The van der Waals surface area contributed by atoms with Gasteiger partial charge in [0.05, 0.1) is 5.02 Å². The zero-order valence-electron chi connectivity index (χ0n) is 10.7. The molecule has 0 aromatic heterocycles. The molecule has 0 aliphatic heterocycles. The van der Waals surface area contributed by atoms with Gasteiger partial charge in [0.2, 0.25) is 0 Å². The van der Waals surface area contributed by atoms with Gasteiger partial charge in [-0.05, 0) is 58.2 Å². The van der Waals surface area contributed by atoms with Gasteiger partial charge in [0, 0.05) is 16.6 Å². The second-order valence-corrected chi connectivity index (χ2v) is 5.66. The molecule has 104 valence electrons. The highest BCUT2D eigenvalue weighted by Crippen LogP contribution is 2.23. The summed E-state index contributed by atoms with van der Waals surface area (Å²) in [5, 5.41) is 3.20. The maximum Gasteiger partial charge on any atom is 0.251 e. The fourth-order valence-corrected chi connectivity index (χ4v) is 2.10. The molecule has 0 saturated heterocycles. The van der Waals surface area contributed by atoms with Crippen molar-refractivity contribution in [3.63, 3.8) is 0 Å². The summed E-state index contributed by atoms with van der Waals surface area (Å²) in [5.41, 5.74) is 1.76. The number of amides is 1. The summed E-state index contributed by atoms with van der Waals surface area (Å²) in [6.07, 6.45) is 0. The number of nitrogens with one attached hydrogen (secondary N) is 1. The van der Waals surface area contributed by atoms with E-state index >= 15 is 0 Å². The minimum Gasteiger partial charge on any atom is -0.348 e. The van der Waals surface area contributed by atoms with Crippen molar-refractivity contribution in [2.45, 2.75) is 13.5 Å². The molecule has 0 aliphatic rings. The molecule has 0 atom stereocenters. The second-order valence-electron chi connectivity index (χ2n) is 4.40. The molecule has 0 heterocycles. The van der Waals surface area contributed by atoms with Gasteiger partial charge in [0.25, 0.3) is 5.91 Å². The third-order valence-corrected chi connectivity index (χ3v) is 4.10. The fourth-order valence-electron chi connectivity index (χ4n) is 1.67. The van der Waals surface area contributed by atoms with Crippen LogP contribution in [0.5, 0.6) is 0 Å². The van der Waals surface area contributed by atoms with Gasteiger partial charge >= 0.3 is 0 Å². The van der Waals surface area contributed by atoms with Gasteiger partial charge in [-0.1, -0.05) is 23.7 Å². The van der Waals surface area contributed by atoms with Crippen LogP contribution in [0.3, 0.4) is 0 Å². The highest BCUT2D eigenvalue weighted by Gasteiger charge is 2.08. The number of rotatable bonds is 3. The van der Waals surface area contributed by atoms with Gasteiger partial charge in [0.15, 0.2) is 0 Å². The molecule has 0 unspecified atom stereocenters. The fraction of sp³-hybridized carbons (Fsp3) is 0.133. The van der Waals surface area contributed by atoms with Gasteiger partial charge in [0.1, 0.15) is 5.82 Å². The number of aryl methyl sites for hydroxylation is 1. The van der Waals surface area contributed by atoms with Crippen molar-refractivity contribution >= 4 is 33.4 Å². The molecule has 0 fully saturated rings. The zero-order chi connectivity index (χ0) is 14.7. The summed E-state index contributed by atoms with van der Waals surface area (Å²) < 4.78 is 14.1. The van der Waals surface area contributed by atoms with Crippen LogP contribution in [0.4, 0.5) is 4.39 Å². The topological polar surface area (TPSA) is 29.1 Å². The monoisotopic (exact) mass is 355 g/mol. The first kappa shape index (κ1) is 15.0. The quantitative estimate of drug-likeness (QED) is 0.863. The van der Waals surface area contributed by atoms with E-state index in [1.165, 1.54) is 6.07 Å². The molecule has 2 rings (SSSR count). The number of hydrogen-bond acceptors (Lipinski definition) is 1. The van der Waals surface area contributed by atoms with Crippen LogP contribution in [0.2, 0.25) is 5.02 Å². The van der Waals surface area contributed by atoms with Crippen molar-refractivity contribution in [1.82, 2.24) is 5.32 Å². The predicted molar refractivity (Wildman–Crippen MR) is 81.5 cm³/mol. The minimum atomic E-state index is -0.275. The Morgan fingerprint density at radius 3 is 2.70 bits per heavy atom. The summed E-state index contributed by atoms with van der Waals surface area (Å²) >= 11 is 9.20. The predicted octanol–water partition coefficient (Wildman–Crippen LogP) is 4.48. The first-order chi connectivity index (χ1) is 9.47. The molecule has 2 aromatic carbocycles. The highest BCUT2D eigenvalue weighted by molar-refractivity contribution is 9.10. The Balaban J connectivity index is 2.04. The lowest BCUT2D eigenvalue weighted by molar-refractivity contribution is 0.0951. The van der Waals surface area contributed by atoms with E-state index in [0.717, 1.165) is 4.47 Å². The van der Waals surface area contributed by atoms with Crippen LogP contribution in [0.1, 0.15) is 21.5 Å². The van der Waals surface area contributed by atoms with Gasteiger partial charge in [-0.2, -0.15) is 0 Å². The molecule has 5 heteroatoms. The molecule has 2 nitrogen and oxygen atoms in total. The largest absolute Gasteiger partial charge is 0.348 e. The first-order valence-corrected chi connectivity index (χ1v) is 7.13. The van der Waals surface area contributed by atoms with Crippen molar-refractivity contribution in [3.05, 3.63) is 68.4 Å². The smallest absolute Gasteiger partial charge is 0.251 e. The summed E-state index contributed by atoms with van der Waals surface area (Å²) in [7, 11) is 0. The van der Waals surface area contributed by atoms with Crippen LogP contribution in [0, 0.1) is 12.7 Å². The third kappa shape index (κ3) is 3.58. The van der Waals surface area contributed by atoms with E-state index in [0.29, 0.717) is 21.7 Å². The number of halogens is 3. The number of carbonyl (C=O) groups is 1. The maximum atomic E-state index is 13.4. The van der Waals surface area contributed by atoms with E-state index in [1.54, 1.807) is 37.3 Å².